The molecule has 9 nitrogen and oxygen atoms in total. The molecule has 0 saturated carbocycles. The van der Waals surface area contributed by atoms with Gasteiger partial charge in [0.1, 0.15) is 11.3 Å². The second-order valence-electron chi connectivity index (χ2n) is 6.37. The number of fused-ring (bicyclic) bond motifs is 2. The summed E-state index contributed by atoms with van der Waals surface area (Å²) >= 11 is 0. The smallest absolute Gasteiger partial charge is 0.351 e. The fraction of sp³-hybridized carbons (Fsp3) is 0.143. The van der Waals surface area contributed by atoms with Crippen LogP contribution in [-0.2, 0) is 9.53 Å². The lowest BCUT2D eigenvalue weighted by Gasteiger charge is -2.18. The molecule has 2 heterocycles. The highest BCUT2D eigenvalue weighted by molar-refractivity contribution is 6.02. The van der Waals surface area contributed by atoms with E-state index in [4.69, 9.17) is 18.6 Å². The third-order valence-electron chi connectivity index (χ3n) is 4.43. The van der Waals surface area contributed by atoms with E-state index < -0.39 is 24.0 Å². The molecule has 152 valence electrons. The summed E-state index contributed by atoms with van der Waals surface area (Å²) < 4.78 is 20.5. The summed E-state index contributed by atoms with van der Waals surface area (Å²) in [6.07, 6.45) is 0. The van der Waals surface area contributed by atoms with Gasteiger partial charge in [-0.1, -0.05) is 12.1 Å². The van der Waals surface area contributed by atoms with Crippen molar-refractivity contribution in [1.82, 2.24) is 0 Å². The molecule has 1 N–H and O–H groups in total. The second-order valence-corrected chi connectivity index (χ2v) is 6.37. The number of ether oxygens (including phenoxy) is 3. The largest absolute Gasteiger partial charge is 0.493 e. The van der Waals surface area contributed by atoms with Gasteiger partial charge in [0.25, 0.3) is 5.91 Å². The molecular weight excluding hydrogens is 394 g/mol. The van der Waals surface area contributed by atoms with Crippen molar-refractivity contribution in [2.45, 2.75) is 0 Å². The molecule has 1 aliphatic heterocycles. The average molecular weight is 409 g/mol. The van der Waals surface area contributed by atoms with Gasteiger partial charge in [-0.2, -0.15) is 0 Å². The monoisotopic (exact) mass is 409 g/mol. The molecule has 0 aliphatic carbocycles. The molecule has 0 unspecified atom stereocenters. The first-order chi connectivity index (χ1) is 14.5. The van der Waals surface area contributed by atoms with Crippen LogP contribution < -0.4 is 20.4 Å². The third kappa shape index (κ3) is 3.60. The van der Waals surface area contributed by atoms with Crippen LogP contribution >= 0.6 is 0 Å². The Morgan fingerprint density at radius 3 is 2.77 bits per heavy atom. The number of methoxy groups -OCH3 is 1. The van der Waals surface area contributed by atoms with Gasteiger partial charge in [-0.25, -0.2) is 9.59 Å². The van der Waals surface area contributed by atoms with E-state index in [1.807, 2.05) is 0 Å². The van der Waals surface area contributed by atoms with Crippen molar-refractivity contribution in [2.75, 3.05) is 25.6 Å². The van der Waals surface area contributed by atoms with Crippen LogP contribution in [0, 0.1) is 0 Å². The number of ketones is 1. The third-order valence-corrected chi connectivity index (χ3v) is 4.43. The summed E-state index contributed by atoms with van der Waals surface area (Å²) in [7, 11) is 1.43. The SMILES string of the molecule is COc1cccc2cc(C(=O)OCC(=O)c3ccc4c(c3)NC(=O)CO4)c(=O)oc12. The Kier molecular flexibility index (Phi) is 4.93. The first-order valence-corrected chi connectivity index (χ1v) is 8.84. The molecular formula is C21H15NO8. The number of rotatable bonds is 5. The molecule has 9 heteroatoms. The van der Waals surface area contributed by atoms with Crippen LogP contribution in [0.3, 0.4) is 0 Å². The summed E-state index contributed by atoms with van der Waals surface area (Å²) in [5.74, 6) is -1.05. The topological polar surface area (TPSA) is 121 Å². The van der Waals surface area contributed by atoms with E-state index in [9.17, 15) is 19.2 Å². The summed E-state index contributed by atoms with van der Waals surface area (Å²) in [6.45, 7) is -0.694. The van der Waals surface area contributed by atoms with Crippen LogP contribution in [0.25, 0.3) is 11.0 Å². The molecule has 4 rings (SSSR count). The second kappa shape index (κ2) is 7.70. The van der Waals surface area contributed by atoms with Crippen molar-refractivity contribution in [3.8, 4) is 11.5 Å². The zero-order valence-corrected chi connectivity index (χ0v) is 15.7. The van der Waals surface area contributed by atoms with Crippen molar-refractivity contribution in [3.63, 3.8) is 0 Å². The van der Waals surface area contributed by atoms with Crippen LogP contribution in [0.2, 0.25) is 0 Å². The number of hydrogen-bond donors (Lipinski definition) is 1. The normalized spacial score (nSPS) is 12.5. The molecule has 30 heavy (non-hydrogen) atoms. The highest BCUT2D eigenvalue weighted by Gasteiger charge is 2.21. The van der Waals surface area contributed by atoms with Crippen molar-refractivity contribution >= 4 is 34.3 Å². The first-order valence-electron chi connectivity index (χ1n) is 8.84. The number of Topliss-reactive ketones (excluding diaryl/α,β-unsaturated/α-hetero) is 1. The fourth-order valence-corrected chi connectivity index (χ4v) is 2.97. The Labute approximate surface area is 169 Å². The summed E-state index contributed by atoms with van der Waals surface area (Å²) in [6, 6.07) is 10.7. The van der Waals surface area contributed by atoms with E-state index in [0.717, 1.165) is 0 Å². The Morgan fingerprint density at radius 1 is 1.13 bits per heavy atom. The predicted octanol–water partition coefficient (Wildman–Crippen LogP) is 2.17. The van der Waals surface area contributed by atoms with Gasteiger partial charge in [-0.3, -0.25) is 9.59 Å². The Bertz CT molecular complexity index is 1240. The quantitative estimate of drug-likeness (QED) is 0.387. The zero-order valence-electron chi connectivity index (χ0n) is 15.7. The van der Waals surface area contributed by atoms with Gasteiger partial charge in [0.15, 0.2) is 30.3 Å². The first kappa shape index (κ1) is 19.2. The van der Waals surface area contributed by atoms with E-state index in [1.54, 1.807) is 18.2 Å². The number of amides is 1. The summed E-state index contributed by atoms with van der Waals surface area (Å²) in [5, 5.41) is 3.06. The maximum absolute atomic E-state index is 12.4. The number of nitrogens with one attached hydrogen (secondary N) is 1. The predicted molar refractivity (Wildman–Crippen MR) is 104 cm³/mol. The molecule has 0 fully saturated rings. The highest BCUT2D eigenvalue weighted by Crippen LogP contribution is 2.28. The summed E-state index contributed by atoms with van der Waals surface area (Å²) in [5.41, 5.74) is -0.473. The Morgan fingerprint density at radius 2 is 1.97 bits per heavy atom. The van der Waals surface area contributed by atoms with E-state index in [2.05, 4.69) is 5.32 Å². The van der Waals surface area contributed by atoms with E-state index in [0.29, 0.717) is 22.6 Å². The lowest BCUT2D eigenvalue weighted by molar-refractivity contribution is -0.118. The number of carbonyl (C=O) groups excluding carboxylic acids is 3. The molecule has 0 saturated heterocycles. The number of hydrogen-bond acceptors (Lipinski definition) is 8. The van der Waals surface area contributed by atoms with Crippen molar-refractivity contribution in [2.24, 2.45) is 0 Å². The van der Waals surface area contributed by atoms with E-state index in [-0.39, 0.29) is 29.2 Å². The average Bonchev–Trinajstić information content (AvgIpc) is 2.75. The standard InChI is InChI=1S/C21H15NO8/c1-27-17-4-2-3-12-7-13(21(26)30-19(12)17)20(25)29-9-15(23)11-5-6-16-14(8-11)22-18(24)10-28-16/h2-8H,9-10H2,1H3,(H,22,24). The van der Waals surface area contributed by atoms with Crippen molar-refractivity contribution < 1.29 is 33.0 Å². The van der Waals surface area contributed by atoms with Gasteiger partial charge >= 0.3 is 11.6 Å². The summed E-state index contributed by atoms with van der Waals surface area (Å²) in [4.78, 5) is 48.3. The van der Waals surface area contributed by atoms with Crippen LogP contribution in [0.1, 0.15) is 20.7 Å². The molecule has 0 bridgehead atoms. The maximum Gasteiger partial charge on any atom is 0.351 e. The van der Waals surface area contributed by atoms with E-state index in [1.165, 1.54) is 31.4 Å². The van der Waals surface area contributed by atoms with Gasteiger partial charge in [-0.15, -0.1) is 0 Å². The van der Waals surface area contributed by atoms with Crippen LogP contribution in [0.15, 0.2) is 51.7 Å². The molecule has 0 radical (unpaired) electrons. The number of carbonyl (C=O) groups is 3. The van der Waals surface area contributed by atoms with Crippen LogP contribution in [0.4, 0.5) is 5.69 Å². The maximum atomic E-state index is 12.4. The van der Waals surface area contributed by atoms with Crippen molar-refractivity contribution in [3.05, 3.63) is 64.0 Å². The molecule has 1 amide bonds. The van der Waals surface area contributed by atoms with Crippen molar-refractivity contribution in [1.29, 1.82) is 0 Å². The minimum atomic E-state index is -0.989. The molecule has 0 spiro atoms. The minimum Gasteiger partial charge on any atom is -0.493 e. The Balaban J connectivity index is 1.50. The zero-order chi connectivity index (χ0) is 21.3. The number of benzene rings is 2. The fourth-order valence-electron chi connectivity index (χ4n) is 2.97. The van der Waals surface area contributed by atoms with Crippen LogP contribution in [-0.4, -0.2) is 38.0 Å². The minimum absolute atomic E-state index is 0.0991. The number of esters is 1. The van der Waals surface area contributed by atoms with Gasteiger partial charge in [0.2, 0.25) is 0 Å². The molecule has 0 atom stereocenters. The molecule has 3 aromatic rings. The number of anilines is 1. The lowest BCUT2D eigenvalue weighted by atomic mass is 10.1. The van der Waals surface area contributed by atoms with Gasteiger partial charge in [-0.05, 0) is 30.3 Å². The van der Waals surface area contributed by atoms with Gasteiger partial charge < -0.3 is 23.9 Å². The van der Waals surface area contributed by atoms with E-state index >= 15 is 0 Å². The molecule has 2 aromatic carbocycles. The highest BCUT2D eigenvalue weighted by atomic mass is 16.5. The lowest BCUT2D eigenvalue weighted by Crippen LogP contribution is -2.25. The van der Waals surface area contributed by atoms with Crippen LogP contribution in [0.5, 0.6) is 11.5 Å². The number of para-hydroxylation sites is 1. The van der Waals surface area contributed by atoms with Gasteiger partial charge in [0.05, 0.1) is 12.8 Å². The molecule has 1 aromatic heterocycles. The molecule has 1 aliphatic rings. The van der Waals surface area contributed by atoms with Gasteiger partial charge in [0, 0.05) is 10.9 Å². The Hall–Kier alpha value is -4.14.